The Morgan fingerprint density at radius 2 is 1.68 bits per heavy atom. The lowest BCUT2D eigenvalue weighted by molar-refractivity contribution is -0.134. The Balaban J connectivity index is 0.900. The molecule has 0 bridgehead atoms. The van der Waals surface area contributed by atoms with Gasteiger partial charge in [-0.15, -0.1) is 10.2 Å². The van der Waals surface area contributed by atoms with Gasteiger partial charge in [0.15, 0.2) is 5.82 Å². The summed E-state index contributed by atoms with van der Waals surface area (Å²) in [6, 6.07) is 15.9. The maximum atomic E-state index is 12.7. The first kappa shape index (κ1) is 32.2. The van der Waals surface area contributed by atoms with Crippen molar-refractivity contribution < 1.29 is 19.4 Å². The SMILES string of the molecule is Cc1c(-c2cc(-c3ccccc3O)nnc2N)cnn1C1CCN(C2CCC(c3cccc4c3OCCN4[C@H]3CCC(=O)NC3=O)CC2)CC1. The number of piperidine rings is 2. The molecule has 3 aliphatic heterocycles. The Labute approximate surface area is 291 Å². The lowest BCUT2D eigenvalue weighted by atomic mass is 9.80. The number of benzene rings is 2. The summed E-state index contributed by atoms with van der Waals surface area (Å²) >= 11 is 0. The van der Waals surface area contributed by atoms with Crippen molar-refractivity contribution in [1.82, 2.24) is 30.2 Å². The number of hydrogen-bond acceptors (Lipinski definition) is 10. The summed E-state index contributed by atoms with van der Waals surface area (Å²) in [6.07, 6.45) is 9.35. The molecule has 2 aromatic heterocycles. The molecule has 4 aromatic rings. The van der Waals surface area contributed by atoms with Gasteiger partial charge < -0.3 is 25.4 Å². The van der Waals surface area contributed by atoms with E-state index >= 15 is 0 Å². The number of amides is 2. The summed E-state index contributed by atoms with van der Waals surface area (Å²) in [6.45, 7) is 5.34. The number of anilines is 2. The quantitative estimate of drug-likeness (QED) is 0.239. The second-order valence-electron chi connectivity index (χ2n) is 14.1. The number of nitrogen functional groups attached to an aromatic ring is 1. The van der Waals surface area contributed by atoms with Crippen LogP contribution in [0.15, 0.2) is 54.7 Å². The molecule has 1 saturated carbocycles. The second-order valence-corrected chi connectivity index (χ2v) is 14.1. The lowest BCUT2D eigenvalue weighted by Gasteiger charge is -2.42. The van der Waals surface area contributed by atoms with E-state index in [-0.39, 0.29) is 23.6 Å². The van der Waals surface area contributed by atoms with Crippen molar-refractivity contribution in [1.29, 1.82) is 0 Å². The summed E-state index contributed by atoms with van der Waals surface area (Å²) in [5, 5.41) is 26.2. The first-order chi connectivity index (χ1) is 24.4. The third-order valence-electron chi connectivity index (χ3n) is 11.3. The summed E-state index contributed by atoms with van der Waals surface area (Å²) in [7, 11) is 0. The van der Waals surface area contributed by atoms with Crippen LogP contribution in [0.2, 0.25) is 0 Å². The van der Waals surface area contributed by atoms with E-state index in [4.69, 9.17) is 15.6 Å². The van der Waals surface area contributed by atoms with Gasteiger partial charge in [0.05, 0.1) is 30.2 Å². The number of para-hydroxylation sites is 2. The molecule has 0 radical (unpaired) electrons. The number of nitrogens with zero attached hydrogens (tertiary/aromatic N) is 6. The van der Waals surface area contributed by atoms with Crippen LogP contribution in [0.5, 0.6) is 11.5 Å². The molecule has 8 rings (SSSR count). The monoisotopic (exact) mass is 676 g/mol. The molecule has 2 saturated heterocycles. The highest BCUT2D eigenvalue weighted by Gasteiger charge is 2.37. The van der Waals surface area contributed by atoms with E-state index in [1.165, 1.54) is 5.56 Å². The fraction of sp³-hybridized carbons (Fsp3) is 0.447. The average Bonchev–Trinajstić information content (AvgIpc) is 3.52. The minimum atomic E-state index is -0.338. The number of ether oxygens (including phenoxy) is 1. The zero-order valence-corrected chi connectivity index (χ0v) is 28.4. The van der Waals surface area contributed by atoms with Crippen molar-refractivity contribution in [3.8, 4) is 33.9 Å². The molecule has 5 heterocycles. The lowest BCUT2D eigenvalue weighted by Crippen LogP contribution is -2.54. The first-order valence-electron chi connectivity index (χ1n) is 17.9. The molecule has 50 heavy (non-hydrogen) atoms. The minimum Gasteiger partial charge on any atom is -0.507 e. The second kappa shape index (κ2) is 13.4. The van der Waals surface area contributed by atoms with Crippen LogP contribution >= 0.6 is 0 Å². The predicted octanol–water partition coefficient (Wildman–Crippen LogP) is 4.97. The molecule has 1 aliphatic carbocycles. The highest BCUT2D eigenvalue weighted by molar-refractivity contribution is 6.02. The number of phenolic OH excluding ortho intramolecular Hbond substituents is 1. The summed E-state index contributed by atoms with van der Waals surface area (Å²) in [5.41, 5.74) is 12.5. The van der Waals surface area contributed by atoms with Gasteiger partial charge in [-0.3, -0.25) is 19.6 Å². The number of imide groups is 1. The van der Waals surface area contributed by atoms with Crippen molar-refractivity contribution in [3.63, 3.8) is 0 Å². The van der Waals surface area contributed by atoms with Gasteiger partial charge >= 0.3 is 0 Å². The molecule has 4 aliphatic rings. The van der Waals surface area contributed by atoms with Crippen LogP contribution in [0.25, 0.3) is 22.4 Å². The van der Waals surface area contributed by atoms with Crippen LogP contribution < -0.4 is 20.7 Å². The Morgan fingerprint density at radius 1 is 0.880 bits per heavy atom. The van der Waals surface area contributed by atoms with E-state index in [1.807, 2.05) is 24.4 Å². The highest BCUT2D eigenvalue weighted by Crippen LogP contribution is 2.45. The number of carbonyl (C=O) groups is 2. The molecular formula is C38H44N8O4. The maximum Gasteiger partial charge on any atom is 0.249 e. The number of likely N-dealkylation sites (tertiary alicyclic amines) is 1. The topological polar surface area (TPSA) is 152 Å². The van der Waals surface area contributed by atoms with E-state index in [0.717, 1.165) is 79.9 Å². The smallest absolute Gasteiger partial charge is 0.249 e. The van der Waals surface area contributed by atoms with Crippen LogP contribution in [-0.4, -0.2) is 80.1 Å². The molecule has 2 amide bonds. The third-order valence-corrected chi connectivity index (χ3v) is 11.3. The fourth-order valence-electron chi connectivity index (χ4n) is 8.66. The molecule has 1 atom stereocenters. The van der Waals surface area contributed by atoms with E-state index < -0.39 is 0 Å². The Bertz CT molecular complexity index is 1910. The number of aromatic nitrogens is 4. The van der Waals surface area contributed by atoms with Gasteiger partial charge in [0, 0.05) is 47.9 Å². The van der Waals surface area contributed by atoms with Crippen molar-refractivity contribution >= 4 is 23.3 Å². The van der Waals surface area contributed by atoms with Gasteiger partial charge in [-0.05, 0) is 87.6 Å². The Morgan fingerprint density at radius 3 is 2.46 bits per heavy atom. The molecule has 3 fully saturated rings. The molecule has 2 aromatic carbocycles. The van der Waals surface area contributed by atoms with Crippen molar-refractivity contribution in [3.05, 3.63) is 66.0 Å². The Kier molecular flexibility index (Phi) is 8.64. The molecule has 0 spiro atoms. The molecule has 4 N–H and O–H groups in total. The molecule has 12 nitrogen and oxygen atoms in total. The largest absolute Gasteiger partial charge is 0.507 e. The number of nitrogens with one attached hydrogen (secondary N) is 1. The van der Waals surface area contributed by atoms with E-state index in [2.05, 4.69) is 55.1 Å². The normalized spacial score (nSPS) is 23.3. The Hall–Kier alpha value is -4.97. The van der Waals surface area contributed by atoms with Gasteiger partial charge in [-0.25, -0.2) is 0 Å². The van der Waals surface area contributed by atoms with Crippen LogP contribution in [-0.2, 0) is 9.59 Å². The van der Waals surface area contributed by atoms with Crippen molar-refractivity contribution in [2.75, 3.05) is 36.9 Å². The summed E-state index contributed by atoms with van der Waals surface area (Å²) < 4.78 is 8.43. The third kappa shape index (κ3) is 5.95. The first-order valence-corrected chi connectivity index (χ1v) is 17.9. The standard InChI is InChI=1S/C38H44N8O4/c1-23-30(29-21-31(42-43-37(29)39)28-5-2-3-8-34(28)47)22-40-46(23)26-15-17-44(18-16-26)25-11-9-24(10-12-25)27-6-4-7-32-36(27)50-20-19-45(32)33-13-14-35(48)41-38(33)49/h2-8,21-22,24-26,33,47H,9-20H2,1H3,(H2,39,43)(H,41,48,49)/t24?,25?,33-/m0/s1. The molecule has 12 heteroatoms. The van der Waals surface area contributed by atoms with Crippen LogP contribution in [0, 0.1) is 6.92 Å². The number of nitrogens with two attached hydrogens (primary N) is 1. The van der Waals surface area contributed by atoms with E-state index in [0.29, 0.717) is 61.1 Å². The predicted molar refractivity (Wildman–Crippen MR) is 190 cm³/mol. The average molecular weight is 677 g/mol. The van der Waals surface area contributed by atoms with E-state index in [1.54, 1.807) is 12.1 Å². The van der Waals surface area contributed by atoms with Crippen LogP contribution in [0.4, 0.5) is 11.5 Å². The number of aromatic hydroxyl groups is 1. The fourth-order valence-corrected chi connectivity index (χ4v) is 8.66. The van der Waals surface area contributed by atoms with Gasteiger partial charge in [0.25, 0.3) is 0 Å². The van der Waals surface area contributed by atoms with Crippen LogP contribution in [0.3, 0.4) is 0 Å². The molecule has 260 valence electrons. The van der Waals surface area contributed by atoms with Crippen molar-refractivity contribution in [2.24, 2.45) is 0 Å². The van der Waals surface area contributed by atoms with E-state index in [9.17, 15) is 14.7 Å². The number of fused-ring (bicyclic) bond motifs is 1. The van der Waals surface area contributed by atoms with Crippen LogP contribution in [0.1, 0.15) is 74.6 Å². The number of hydrogen-bond donors (Lipinski definition) is 3. The van der Waals surface area contributed by atoms with Gasteiger partial charge in [-0.1, -0.05) is 24.3 Å². The van der Waals surface area contributed by atoms with Crippen molar-refractivity contribution in [2.45, 2.75) is 82.3 Å². The number of rotatable bonds is 6. The zero-order chi connectivity index (χ0) is 34.4. The zero-order valence-electron chi connectivity index (χ0n) is 28.4. The maximum absolute atomic E-state index is 12.7. The number of carbonyl (C=O) groups excluding carboxylic acids is 2. The highest BCUT2D eigenvalue weighted by atomic mass is 16.5. The van der Waals surface area contributed by atoms with Gasteiger partial charge in [0.2, 0.25) is 11.8 Å². The number of phenols is 1. The molecule has 0 unspecified atom stereocenters. The summed E-state index contributed by atoms with van der Waals surface area (Å²) in [5.74, 6) is 1.43. The van der Waals surface area contributed by atoms with Gasteiger partial charge in [-0.2, -0.15) is 5.10 Å². The van der Waals surface area contributed by atoms with Gasteiger partial charge in [0.1, 0.15) is 24.1 Å². The molecular weight excluding hydrogens is 632 g/mol. The minimum absolute atomic E-state index is 0.150. The summed E-state index contributed by atoms with van der Waals surface area (Å²) in [4.78, 5) is 29.3.